The quantitative estimate of drug-likeness (QED) is 0.593. The van der Waals surface area contributed by atoms with E-state index in [-0.39, 0.29) is 39.6 Å². The van der Waals surface area contributed by atoms with Gasteiger partial charge in [-0.25, -0.2) is 4.79 Å². The molecular weight excluding hydrogens is 400 g/mol. The van der Waals surface area contributed by atoms with Gasteiger partial charge in [-0.05, 0) is 18.2 Å². The van der Waals surface area contributed by atoms with Crippen LogP contribution in [0.15, 0.2) is 69.2 Å². The van der Waals surface area contributed by atoms with Crippen molar-refractivity contribution in [1.82, 2.24) is 0 Å². The molecule has 0 aliphatic carbocycles. The number of para-hydroxylation sites is 2. The third-order valence-electron chi connectivity index (χ3n) is 5.55. The molecule has 2 amide bonds. The van der Waals surface area contributed by atoms with Gasteiger partial charge in [0.25, 0.3) is 0 Å². The van der Waals surface area contributed by atoms with Gasteiger partial charge in [0.2, 0.25) is 17.7 Å². The Balaban J connectivity index is 2.02. The van der Waals surface area contributed by atoms with Crippen molar-refractivity contribution in [1.29, 1.82) is 5.26 Å². The van der Waals surface area contributed by atoms with Crippen LogP contribution in [0.5, 0.6) is 5.75 Å². The fraction of sp³-hybridized carbons (Fsp3) is 0.0909. The van der Waals surface area contributed by atoms with Crippen LogP contribution >= 0.6 is 0 Å². The Bertz CT molecular complexity index is 1450. The van der Waals surface area contributed by atoms with Crippen LogP contribution in [-0.4, -0.2) is 18.4 Å². The molecule has 3 aromatic rings. The summed E-state index contributed by atoms with van der Waals surface area (Å²) in [5, 5.41) is 10.4. The highest BCUT2D eigenvalue weighted by atomic mass is 16.5. The molecule has 31 heavy (non-hydrogen) atoms. The normalized spacial score (nSPS) is 19.2. The molecule has 0 radical (unpaired) electrons. The molecule has 5 rings (SSSR count). The highest BCUT2D eigenvalue weighted by Gasteiger charge is 2.61. The van der Waals surface area contributed by atoms with Crippen molar-refractivity contribution in [2.75, 3.05) is 11.4 Å². The van der Waals surface area contributed by atoms with E-state index in [4.69, 9.17) is 20.6 Å². The van der Waals surface area contributed by atoms with E-state index in [0.29, 0.717) is 5.39 Å². The first-order chi connectivity index (χ1) is 14.9. The highest BCUT2D eigenvalue weighted by molar-refractivity contribution is 6.20. The first-order valence-corrected chi connectivity index (χ1v) is 9.25. The molecule has 4 N–H and O–H groups in total. The van der Waals surface area contributed by atoms with Crippen LogP contribution < -0.4 is 26.7 Å². The van der Waals surface area contributed by atoms with Crippen LogP contribution in [0.3, 0.4) is 0 Å². The zero-order valence-corrected chi connectivity index (χ0v) is 15.9. The van der Waals surface area contributed by atoms with Crippen molar-refractivity contribution in [3.8, 4) is 11.8 Å². The molecule has 1 aromatic heterocycles. The Hall–Kier alpha value is -4.58. The molecule has 152 valence electrons. The monoisotopic (exact) mass is 414 g/mol. The van der Waals surface area contributed by atoms with Gasteiger partial charge in [0.15, 0.2) is 5.41 Å². The number of carbonyl (C=O) groups is 2. The number of anilines is 1. The molecule has 2 aliphatic rings. The standard InChI is InChI=1S/C22H14N4O5/c23-9-13-19(25)30-15-8-4-2-6-12(15)22(13)17-18(26(21(22)29)10-16(24)27)11-5-1-3-7-14(11)31-20(17)28/h1-8H,10,25H2,(H2,24,27). The molecule has 0 saturated heterocycles. The smallest absolute Gasteiger partial charge is 0.343 e. The van der Waals surface area contributed by atoms with E-state index >= 15 is 0 Å². The number of rotatable bonds is 2. The Labute approximate surface area is 174 Å². The van der Waals surface area contributed by atoms with Gasteiger partial charge in [-0.2, -0.15) is 5.26 Å². The van der Waals surface area contributed by atoms with Gasteiger partial charge in [-0.1, -0.05) is 30.3 Å². The lowest BCUT2D eigenvalue weighted by Gasteiger charge is -2.33. The fourth-order valence-corrected chi connectivity index (χ4v) is 4.44. The van der Waals surface area contributed by atoms with E-state index in [1.165, 1.54) is 0 Å². The number of hydrogen-bond donors (Lipinski definition) is 2. The minimum Gasteiger partial charge on any atom is -0.440 e. The number of carbonyl (C=O) groups excluding carboxylic acids is 2. The van der Waals surface area contributed by atoms with Gasteiger partial charge in [-0.15, -0.1) is 0 Å². The highest BCUT2D eigenvalue weighted by Crippen LogP contribution is 2.55. The summed E-state index contributed by atoms with van der Waals surface area (Å²) in [6, 6.07) is 15.0. The summed E-state index contributed by atoms with van der Waals surface area (Å²) >= 11 is 0. The third-order valence-corrected chi connectivity index (χ3v) is 5.55. The van der Waals surface area contributed by atoms with Crippen molar-refractivity contribution >= 4 is 28.5 Å². The summed E-state index contributed by atoms with van der Waals surface area (Å²) in [7, 11) is 0. The predicted molar refractivity (Wildman–Crippen MR) is 109 cm³/mol. The second-order valence-corrected chi connectivity index (χ2v) is 7.17. The SMILES string of the molecule is N#CC1=C(N)Oc2ccccc2C12C(=O)N(CC(N)=O)c1c2c(=O)oc2ccccc12. The van der Waals surface area contributed by atoms with Crippen molar-refractivity contribution in [3.63, 3.8) is 0 Å². The van der Waals surface area contributed by atoms with E-state index in [0.717, 1.165) is 4.90 Å². The molecule has 0 saturated carbocycles. The Morgan fingerprint density at radius 3 is 2.58 bits per heavy atom. The van der Waals surface area contributed by atoms with Gasteiger partial charge in [0.1, 0.15) is 29.5 Å². The summed E-state index contributed by atoms with van der Waals surface area (Å²) in [6.45, 7) is -0.497. The summed E-state index contributed by atoms with van der Waals surface area (Å²) in [6.07, 6.45) is 0. The number of benzene rings is 2. The summed E-state index contributed by atoms with van der Waals surface area (Å²) in [5.41, 5.74) is 8.97. The predicted octanol–water partition coefficient (Wildman–Crippen LogP) is 0.997. The average Bonchev–Trinajstić information content (AvgIpc) is 2.98. The number of nitriles is 1. The molecule has 2 aromatic carbocycles. The van der Waals surface area contributed by atoms with Crippen LogP contribution in [0.1, 0.15) is 11.1 Å². The fourth-order valence-electron chi connectivity index (χ4n) is 4.44. The Morgan fingerprint density at radius 1 is 1.13 bits per heavy atom. The van der Waals surface area contributed by atoms with Crippen LogP contribution in [-0.2, 0) is 15.0 Å². The number of nitrogens with zero attached hydrogens (tertiary/aromatic N) is 2. The van der Waals surface area contributed by atoms with E-state index in [2.05, 4.69) is 0 Å². The van der Waals surface area contributed by atoms with Gasteiger partial charge >= 0.3 is 5.63 Å². The van der Waals surface area contributed by atoms with Crippen molar-refractivity contribution in [2.45, 2.75) is 5.41 Å². The minimum atomic E-state index is -1.93. The lowest BCUT2D eigenvalue weighted by molar-refractivity contribution is -0.123. The maximum absolute atomic E-state index is 14.0. The molecule has 1 unspecified atom stereocenters. The summed E-state index contributed by atoms with van der Waals surface area (Å²) in [5.74, 6) is -1.59. The second kappa shape index (κ2) is 6.21. The molecule has 1 atom stereocenters. The number of ether oxygens (including phenoxy) is 1. The van der Waals surface area contributed by atoms with E-state index in [1.807, 2.05) is 6.07 Å². The van der Waals surface area contributed by atoms with Gasteiger partial charge in [0.05, 0.1) is 11.3 Å². The van der Waals surface area contributed by atoms with Crippen LogP contribution in [0.2, 0.25) is 0 Å². The Morgan fingerprint density at radius 2 is 1.84 bits per heavy atom. The average molecular weight is 414 g/mol. The summed E-state index contributed by atoms with van der Waals surface area (Å²) in [4.78, 5) is 40.2. The topological polar surface area (TPSA) is 153 Å². The number of hydrogen-bond acceptors (Lipinski definition) is 7. The third kappa shape index (κ3) is 2.21. The molecule has 0 fully saturated rings. The zero-order chi connectivity index (χ0) is 21.9. The number of primary amides is 1. The first kappa shape index (κ1) is 18.4. The number of amides is 2. The van der Waals surface area contributed by atoms with Crippen LogP contribution in [0.25, 0.3) is 11.0 Å². The van der Waals surface area contributed by atoms with Gasteiger partial charge < -0.3 is 25.5 Å². The largest absolute Gasteiger partial charge is 0.440 e. The zero-order valence-electron chi connectivity index (χ0n) is 15.9. The van der Waals surface area contributed by atoms with E-state index < -0.39 is 29.4 Å². The van der Waals surface area contributed by atoms with Gasteiger partial charge in [0, 0.05) is 10.9 Å². The molecule has 2 aliphatic heterocycles. The number of fused-ring (bicyclic) bond motifs is 6. The minimum absolute atomic E-state index is 0.104. The molecule has 0 bridgehead atoms. The first-order valence-electron chi connectivity index (χ1n) is 9.25. The Kier molecular flexibility index (Phi) is 3.69. The van der Waals surface area contributed by atoms with Gasteiger partial charge in [-0.3, -0.25) is 9.59 Å². The van der Waals surface area contributed by atoms with Crippen molar-refractivity contribution < 1.29 is 18.7 Å². The van der Waals surface area contributed by atoms with Crippen molar-refractivity contribution in [3.05, 3.63) is 81.5 Å². The molecule has 9 heteroatoms. The second-order valence-electron chi connectivity index (χ2n) is 7.17. The van der Waals surface area contributed by atoms with Crippen LogP contribution in [0.4, 0.5) is 5.69 Å². The molecule has 1 spiro atoms. The van der Waals surface area contributed by atoms with Crippen LogP contribution in [0, 0.1) is 11.3 Å². The lowest BCUT2D eigenvalue weighted by Crippen LogP contribution is -2.48. The van der Waals surface area contributed by atoms with Crippen molar-refractivity contribution in [2.24, 2.45) is 11.5 Å². The number of nitrogens with two attached hydrogens (primary N) is 2. The maximum Gasteiger partial charge on any atom is 0.343 e. The molecular formula is C22H14N4O5. The molecule has 9 nitrogen and oxygen atoms in total. The lowest BCUT2D eigenvalue weighted by atomic mass is 9.69. The van der Waals surface area contributed by atoms with E-state index in [1.54, 1.807) is 48.5 Å². The maximum atomic E-state index is 14.0. The molecule has 3 heterocycles. The summed E-state index contributed by atoms with van der Waals surface area (Å²) < 4.78 is 11.1. The van der Waals surface area contributed by atoms with E-state index in [9.17, 15) is 19.6 Å².